The van der Waals surface area contributed by atoms with Gasteiger partial charge in [0.1, 0.15) is 11.4 Å². The maximum Gasteiger partial charge on any atom is 0.341 e. The number of para-hydroxylation sites is 1. The van der Waals surface area contributed by atoms with E-state index in [4.69, 9.17) is 12.2 Å². The highest BCUT2D eigenvalue weighted by atomic mass is 32.1. The van der Waals surface area contributed by atoms with Crippen molar-refractivity contribution in [1.29, 1.82) is 0 Å². The fourth-order valence-electron chi connectivity index (χ4n) is 5.44. The Bertz CT molecular complexity index is 2040. The van der Waals surface area contributed by atoms with Crippen LogP contribution in [-0.4, -0.2) is 67.7 Å². The Morgan fingerprint density at radius 1 is 1.14 bits per heavy atom. The third-order valence-corrected chi connectivity index (χ3v) is 9.06. The number of carbonyl (C=O) groups is 1. The Hall–Kier alpha value is -4.33. The summed E-state index contributed by atoms with van der Waals surface area (Å²) < 4.78 is 19.5. The van der Waals surface area contributed by atoms with Gasteiger partial charge in [-0.15, -0.1) is 5.10 Å². The summed E-state index contributed by atoms with van der Waals surface area (Å²) >= 11 is 6.88. The molecular formula is C30H26FN7O3S2. The second kappa shape index (κ2) is 11.1. The maximum atomic E-state index is 15.3. The first kappa shape index (κ1) is 27.5. The zero-order valence-corrected chi connectivity index (χ0v) is 24.5. The molecule has 0 unspecified atom stereocenters. The molecule has 5 aromatic rings. The van der Waals surface area contributed by atoms with E-state index in [1.54, 1.807) is 17.0 Å². The molecule has 3 aromatic heterocycles. The number of rotatable bonds is 7. The number of hydrogen-bond acceptors (Lipinski definition) is 9. The Morgan fingerprint density at radius 2 is 1.93 bits per heavy atom. The quantitative estimate of drug-likeness (QED) is 0.196. The number of halogens is 1. The van der Waals surface area contributed by atoms with Gasteiger partial charge in [-0.3, -0.25) is 9.69 Å². The standard InChI is InChI=1S/C30H26FN7O3S2/c31-23-13-21-25(37(20-7-8-20)16-22(27(21)39)28(40)41)14-26(23)36-11-9-35(10-12-36)17-38-30(42)43-29(34-38)32-15-19-6-5-18-3-1-2-4-24(18)33-19/h1-6,13-16,20H,7-12,17H2,(H,40,41). The van der Waals surface area contributed by atoms with Gasteiger partial charge in [-0.2, -0.15) is 0 Å². The van der Waals surface area contributed by atoms with E-state index in [2.05, 4.69) is 20.0 Å². The number of anilines is 1. The van der Waals surface area contributed by atoms with Gasteiger partial charge >= 0.3 is 5.97 Å². The van der Waals surface area contributed by atoms with E-state index in [1.165, 1.54) is 23.6 Å². The number of nitrogens with zero attached hydrogens (tertiary/aromatic N) is 7. The lowest BCUT2D eigenvalue weighted by molar-refractivity contribution is 0.0695. The van der Waals surface area contributed by atoms with Crippen molar-refractivity contribution in [3.8, 4) is 0 Å². The van der Waals surface area contributed by atoms with Crippen LogP contribution in [0.3, 0.4) is 0 Å². The summed E-state index contributed by atoms with van der Waals surface area (Å²) in [5, 5.41) is 15.8. The molecule has 0 radical (unpaired) electrons. The predicted octanol–water partition coefficient (Wildman–Crippen LogP) is 5.24. The molecule has 1 N–H and O–H groups in total. The summed E-state index contributed by atoms with van der Waals surface area (Å²) in [5.74, 6) is -1.84. The van der Waals surface area contributed by atoms with Gasteiger partial charge < -0.3 is 14.6 Å². The topological polar surface area (TPSA) is 109 Å². The first-order chi connectivity index (χ1) is 20.8. The summed E-state index contributed by atoms with van der Waals surface area (Å²) in [4.78, 5) is 37.7. The van der Waals surface area contributed by atoms with E-state index >= 15 is 4.39 Å². The third-order valence-electron chi connectivity index (χ3n) is 7.84. The normalized spacial score (nSPS) is 16.1. The fraction of sp³-hybridized carbons (Fsp3) is 0.267. The molecule has 2 aromatic carbocycles. The number of pyridine rings is 2. The second-order valence-electron chi connectivity index (χ2n) is 10.7. The highest BCUT2D eigenvalue weighted by Gasteiger charge is 2.28. The Labute approximate surface area is 254 Å². The lowest BCUT2D eigenvalue weighted by Gasteiger charge is -2.36. The Kier molecular flexibility index (Phi) is 7.07. The molecule has 2 aliphatic rings. The molecule has 13 heteroatoms. The van der Waals surface area contributed by atoms with Crippen molar-refractivity contribution >= 4 is 68.4 Å². The molecule has 0 amide bonds. The molecule has 4 heterocycles. The van der Waals surface area contributed by atoms with Gasteiger partial charge in [-0.1, -0.05) is 35.6 Å². The molecular weight excluding hydrogens is 590 g/mol. The summed E-state index contributed by atoms with van der Waals surface area (Å²) in [7, 11) is 0. The minimum atomic E-state index is -1.30. The number of benzene rings is 2. The molecule has 0 atom stereocenters. The number of carboxylic acids is 1. The molecule has 1 aliphatic carbocycles. The molecule has 10 nitrogen and oxygen atoms in total. The van der Waals surface area contributed by atoms with Gasteiger partial charge in [0.25, 0.3) is 0 Å². The minimum absolute atomic E-state index is 0.0967. The van der Waals surface area contributed by atoms with Crippen molar-refractivity contribution in [2.45, 2.75) is 25.6 Å². The average molecular weight is 616 g/mol. The van der Waals surface area contributed by atoms with Crippen molar-refractivity contribution in [3.63, 3.8) is 0 Å². The molecule has 0 bridgehead atoms. The second-order valence-corrected chi connectivity index (χ2v) is 12.3. The van der Waals surface area contributed by atoms with Crippen LogP contribution in [0.2, 0.25) is 0 Å². The summed E-state index contributed by atoms with van der Waals surface area (Å²) in [6.45, 7) is 2.94. The highest BCUT2D eigenvalue weighted by molar-refractivity contribution is 7.73. The Balaban J connectivity index is 1.05. The van der Waals surface area contributed by atoms with E-state index < -0.39 is 17.2 Å². The number of aromatic carboxylic acids is 1. The maximum absolute atomic E-state index is 15.3. The number of hydrogen-bond donors (Lipinski definition) is 1. The number of piperazine rings is 1. The van der Waals surface area contributed by atoms with Crippen LogP contribution < -0.4 is 10.3 Å². The van der Waals surface area contributed by atoms with Crippen molar-refractivity contribution in [3.05, 3.63) is 86.0 Å². The predicted molar refractivity (Wildman–Crippen MR) is 167 cm³/mol. The van der Waals surface area contributed by atoms with E-state index in [1.807, 2.05) is 45.9 Å². The van der Waals surface area contributed by atoms with E-state index in [9.17, 15) is 14.7 Å². The van der Waals surface area contributed by atoms with Crippen molar-refractivity contribution in [2.24, 2.45) is 4.99 Å². The van der Waals surface area contributed by atoms with Gasteiger partial charge in [0.15, 0.2) is 3.95 Å². The van der Waals surface area contributed by atoms with Gasteiger partial charge in [0.2, 0.25) is 10.6 Å². The average Bonchev–Trinajstić information content (AvgIpc) is 3.79. The van der Waals surface area contributed by atoms with E-state index in [0.717, 1.165) is 29.4 Å². The molecule has 7 rings (SSSR count). The Morgan fingerprint density at radius 3 is 2.70 bits per heavy atom. The molecule has 43 heavy (non-hydrogen) atoms. The van der Waals surface area contributed by atoms with Crippen LogP contribution in [0, 0.1) is 9.77 Å². The van der Waals surface area contributed by atoms with Crippen LogP contribution >= 0.6 is 23.6 Å². The molecule has 2 fully saturated rings. The largest absolute Gasteiger partial charge is 0.477 e. The molecule has 218 valence electrons. The number of aliphatic imine (C=N–C) groups is 1. The lowest BCUT2D eigenvalue weighted by atomic mass is 10.1. The smallest absolute Gasteiger partial charge is 0.341 e. The van der Waals surface area contributed by atoms with Crippen LogP contribution in [0.25, 0.3) is 21.8 Å². The van der Waals surface area contributed by atoms with Gasteiger partial charge in [0.05, 0.1) is 35.3 Å². The molecule has 1 saturated heterocycles. The number of carboxylic acid groups (broad SMARTS) is 1. The molecule has 0 spiro atoms. The number of fused-ring (bicyclic) bond motifs is 2. The summed E-state index contributed by atoms with van der Waals surface area (Å²) in [6, 6.07) is 14.8. The minimum Gasteiger partial charge on any atom is -0.477 e. The van der Waals surface area contributed by atoms with Gasteiger partial charge in [-0.05, 0) is 49.3 Å². The van der Waals surface area contributed by atoms with Crippen LogP contribution in [0.4, 0.5) is 15.2 Å². The fourth-order valence-corrected chi connectivity index (χ4v) is 6.37. The first-order valence-electron chi connectivity index (χ1n) is 13.9. The van der Waals surface area contributed by atoms with Crippen LogP contribution in [-0.2, 0) is 6.67 Å². The molecule has 1 aliphatic heterocycles. The highest BCUT2D eigenvalue weighted by Crippen LogP contribution is 2.38. The lowest BCUT2D eigenvalue weighted by Crippen LogP contribution is -2.47. The van der Waals surface area contributed by atoms with Crippen LogP contribution in [0.5, 0.6) is 0 Å². The van der Waals surface area contributed by atoms with Crippen molar-refractivity contribution < 1.29 is 14.3 Å². The number of aromatic nitrogens is 4. The van der Waals surface area contributed by atoms with E-state index in [0.29, 0.717) is 53.1 Å². The molecule has 1 saturated carbocycles. The van der Waals surface area contributed by atoms with Crippen LogP contribution in [0.1, 0.15) is 34.9 Å². The summed E-state index contributed by atoms with van der Waals surface area (Å²) in [5.41, 5.74) is 1.62. The first-order valence-corrected chi connectivity index (χ1v) is 15.1. The zero-order valence-electron chi connectivity index (χ0n) is 22.9. The SMILES string of the molecule is O=C(O)c1cn(C2CC2)c2cc(N3CCN(Cn4nc(N=Cc5ccc6ccccc6n5)sc4=S)CC3)c(F)cc2c1=O. The summed E-state index contributed by atoms with van der Waals surface area (Å²) in [6.07, 6.45) is 4.88. The third kappa shape index (κ3) is 5.46. The van der Waals surface area contributed by atoms with E-state index in [-0.39, 0.29) is 17.0 Å². The van der Waals surface area contributed by atoms with Gasteiger partial charge in [-0.25, -0.2) is 23.8 Å². The zero-order chi connectivity index (χ0) is 29.7. The van der Waals surface area contributed by atoms with Gasteiger partial charge in [0, 0.05) is 49.2 Å². The van der Waals surface area contributed by atoms with Crippen LogP contribution in [0.15, 0.2) is 64.5 Å². The van der Waals surface area contributed by atoms with Crippen molar-refractivity contribution in [2.75, 3.05) is 31.1 Å². The van der Waals surface area contributed by atoms with Crippen molar-refractivity contribution in [1.82, 2.24) is 24.2 Å². The monoisotopic (exact) mass is 615 g/mol.